The van der Waals surface area contributed by atoms with Crippen LogP contribution in [-0.4, -0.2) is 39.5 Å². The topological polar surface area (TPSA) is 70.5 Å². The van der Waals surface area contributed by atoms with E-state index in [0.717, 1.165) is 25.7 Å². The molecule has 1 fully saturated rings. The van der Waals surface area contributed by atoms with Crippen LogP contribution in [0.5, 0.6) is 0 Å². The fourth-order valence-corrected chi connectivity index (χ4v) is 2.72. The van der Waals surface area contributed by atoms with E-state index in [2.05, 4.69) is 4.98 Å². The average molecular weight is 276 g/mol. The molecule has 0 radical (unpaired) electrons. The summed E-state index contributed by atoms with van der Waals surface area (Å²) in [4.78, 5) is 29.0. The molecule has 1 heterocycles. The van der Waals surface area contributed by atoms with E-state index in [4.69, 9.17) is 5.11 Å². The first-order valence-electron chi connectivity index (χ1n) is 7.11. The van der Waals surface area contributed by atoms with Gasteiger partial charge < -0.3 is 10.0 Å². The minimum Gasteiger partial charge on any atom is -0.481 e. The molecule has 0 aliphatic heterocycles. The number of carbonyl (C=O) groups excluding carboxylic acids is 1. The number of pyridine rings is 1. The molecule has 1 amide bonds. The summed E-state index contributed by atoms with van der Waals surface area (Å²) in [6.45, 7) is 0.279. The summed E-state index contributed by atoms with van der Waals surface area (Å²) in [5, 5.41) is 8.87. The molecular weight excluding hydrogens is 256 g/mol. The SMILES string of the molecule is O=C(O)CCN(C(=O)c1ccncc1)C1CCCCC1. The number of aromatic nitrogens is 1. The zero-order chi connectivity index (χ0) is 14.4. The highest BCUT2D eigenvalue weighted by Crippen LogP contribution is 2.24. The molecule has 2 rings (SSSR count). The molecule has 1 aliphatic rings. The van der Waals surface area contributed by atoms with E-state index >= 15 is 0 Å². The maximum Gasteiger partial charge on any atom is 0.305 e. The molecule has 1 aromatic rings. The van der Waals surface area contributed by atoms with Crippen molar-refractivity contribution in [1.82, 2.24) is 9.88 Å². The largest absolute Gasteiger partial charge is 0.481 e. The van der Waals surface area contributed by atoms with Gasteiger partial charge in [-0.1, -0.05) is 19.3 Å². The van der Waals surface area contributed by atoms with E-state index in [9.17, 15) is 9.59 Å². The van der Waals surface area contributed by atoms with E-state index in [1.165, 1.54) is 6.42 Å². The van der Waals surface area contributed by atoms with E-state index in [0.29, 0.717) is 5.56 Å². The monoisotopic (exact) mass is 276 g/mol. The van der Waals surface area contributed by atoms with Crippen LogP contribution in [-0.2, 0) is 4.79 Å². The second-order valence-corrected chi connectivity index (χ2v) is 5.17. The molecule has 0 spiro atoms. The summed E-state index contributed by atoms with van der Waals surface area (Å²) in [5.74, 6) is -0.950. The van der Waals surface area contributed by atoms with E-state index in [1.807, 2.05) is 0 Å². The van der Waals surface area contributed by atoms with Gasteiger partial charge in [-0.25, -0.2) is 0 Å². The number of carboxylic acids is 1. The van der Waals surface area contributed by atoms with Crippen molar-refractivity contribution in [2.75, 3.05) is 6.54 Å². The summed E-state index contributed by atoms with van der Waals surface area (Å²) < 4.78 is 0. The third kappa shape index (κ3) is 3.79. The second kappa shape index (κ2) is 7.03. The summed E-state index contributed by atoms with van der Waals surface area (Å²) in [7, 11) is 0. The maximum atomic E-state index is 12.6. The third-order valence-corrected chi connectivity index (χ3v) is 3.77. The highest BCUT2D eigenvalue weighted by molar-refractivity contribution is 5.94. The molecular formula is C15H20N2O3. The molecule has 20 heavy (non-hydrogen) atoms. The Bertz CT molecular complexity index is 455. The normalized spacial score (nSPS) is 15.8. The number of carboxylic acid groups (broad SMARTS) is 1. The Balaban J connectivity index is 2.12. The molecule has 0 saturated heterocycles. The lowest BCUT2D eigenvalue weighted by molar-refractivity contribution is -0.137. The minimum absolute atomic E-state index is 0.00662. The van der Waals surface area contributed by atoms with Crippen molar-refractivity contribution in [3.63, 3.8) is 0 Å². The number of hydrogen-bond acceptors (Lipinski definition) is 3. The van der Waals surface area contributed by atoms with Gasteiger partial charge in [0.05, 0.1) is 6.42 Å². The predicted molar refractivity (Wildman–Crippen MR) is 74.4 cm³/mol. The molecule has 1 N–H and O–H groups in total. The Morgan fingerprint density at radius 2 is 1.85 bits per heavy atom. The zero-order valence-electron chi connectivity index (χ0n) is 11.5. The second-order valence-electron chi connectivity index (χ2n) is 5.17. The van der Waals surface area contributed by atoms with Crippen LogP contribution in [0, 0.1) is 0 Å². The summed E-state index contributed by atoms with van der Waals surface area (Å²) in [6, 6.07) is 3.53. The lowest BCUT2D eigenvalue weighted by atomic mass is 9.93. The number of amides is 1. The molecule has 5 heteroatoms. The van der Waals surface area contributed by atoms with Crippen molar-refractivity contribution in [3.05, 3.63) is 30.1 Å². The quantitative estimate of drug-likeness (QED) is 0.896. The van der Waals surface area contributed by atoms with Gasteiger partial charge in [0.15, 0.2) is 0 Å². The Morgan fingerprint density at radius 1 is 1.20 bits per heavy atom. The van der Waals surface area contributed by atoms with Gasteiger partial charge in [0.25, 0.3) is 5.91 Å². The number of nitrogens with zero attached hydrogens (tertiary/aromatic N) is 2. The fourth-order valence-electron chi connectivity index (χ4n) is 2.72. The van der Waals surface area contributed by atoms with Gasteiger partial charge in [-0.3, -0.25) is 14.6 Å². The van der Waals surface area contributed by atoms with Crippen LogP contribution in [0.2, 0.25) is 0 Å². The maximum absolute atomic E-state index is 12.6. The molecule has 1 aromatic heterocycles. The van der Waals surface area contributed by atoms with Gasteiger partial charge in [0, 0.05) is 30.5 Å². The molecule has 5 nitrogen and oxygen atoms in total. The first-order valence-corrected chi connectivity index (χ1v) is 7.11. The Morgan fingerprint density at radius 3 is 2.45 bits per heavy atom. The van der Waals surface area contributed by atoms with Crippen LogP contribution >= 0.6 is 0 Å². The molecule has 1 saturated carbocycles. The first kappa shape index (κ1) is 14.5. The number of rotatable bonds is 5. The van der Waals surface area contributed by atoms with Gasteiger partial charge in [0.2, 0.25) is 0 Å². The average Bonchev–Trinajstić information content (AvgIpc) is 2.49. The highest BCUT2D eigenvalue weighted by atomic mass is 16.4. The van der Waals surface area contributed by atoms with Gasteiger partial charge in [0.1, 0.15) is 0 Å². The predicted octanol–water partition coefficient (Wildman–Crippen LogP) is 2.33. The summed E-state index contributed by atoms with van der Waals surface area (Å²) in [6.07, 6.45) is 8.52. The van der Waals surface area contributed by atoms with Gasteiger partial charge in [-0.05, 0) is 25.0 Å². The Labute approximate surface area is 118 Å². The molecule has 108 valence electrons. The lowest BCUT2D eigenvalue weighted by Crippen LogP contribution is -2.42. The number of hydrogen-bond donors (Lipinski definition) is 1. The Kier molecular flexibility index (Phi) is 5.09. The molecule has 0 bridgehead atoms. The van der Waals surface area contributed by atoms with E-state index < -0.39 is 5.97 Å². The van der Waals surface area contributed by atoms with Crippen LogP contribution in [0.1, 0.15) is 48.9 Å². The number of aliphatic carboxylic acids is 1. The van der Waals surface area contributed by atoms with Crippen LogP contribution < -0.4 is 0 Å². The lowest BCUT2D eigenvalue weighted by Gasteiger charge is -2.34. The third-order valence-electron chi connectivity index (χ3n) is 3.77. The zero-order valence-corrected chi connectivity index (χ0v) is 11.5. The van der Waals surface area contributed by atoms with Crippen molar-refractivity contribution in [1.29, 1.82) is 0 Å². The van der Waals surface area contributed by atoms with Crippen LogP contribution in [0.15, 0.2) is 24.5 Å². The standard InChI is InChI=1S/C15H20N2O3/c18-14(19)8-11-17(13-4-2-1-3-5-13)15(20)12-6-9-16-10-7-12/h6-7,9-10,13H,1-5,8,11H2,(H,18,19). The van der Waals surface area contributed by atoms with E-state index in [-0.39, 0.29) is 24.9 Å². The molecule has 1 aliphatic carbocycles. The van der Waals surface area contributed by atoms with Crippen molar-refractivity contribution < 1.29 is 14.7 Å². The fraction of sp³-hybridized carbons (Fsp3) is 0.533. The van der Waals surface area contributed by atoms with Crippen LogP contribution in [0.25, 0.3) is 0 Å². The molecule has 0 atom stereocenters. The summed E-state index contributed by atoms with van der Waals surface area (Å²) >= 11 is 0. The van der Waals surface area contributed by atoms with Gasteiger partial charge in [-0.15, -0.1) is 0 Å². The van der Waals surface area contributed by atoms with Crippen LogP contribution in [0.4, 0.5) is 0 Å². The van der Waals surface area contributed by atoms with Gasteiger partial charge >= 0.3 is 5.97 Å². The van der Waals surface area contributed by atoms with Crippen molar-refractivity contribution in [2.45, 2.75) is 44.6 Å². The number of carbonyl (C=O) groups is 2. The molecule has 0 aromatic carbocycles. The highest BCUT2D eigenvalue weighted by Gasteiger charge is 2.26. The summed E-state index contributed by atoms with van der Waals surface area (Å²) in [5.41, 5.74) is 0.580. The Hall–Kier alpha value is -1.91. The first-order chi connectivity index (χ1) is 9.68. The van der Waals surface area contributed by atoms with Crippen molar-refractivity contribution in [2.24, 2.45) is 0 Å². The van der Waals surface area contributed by atoms with Gasteiger partial charge in [-0.2, -0.15) is 0 Å². The minimum atomic E-state index is -0.867. The van der Waals surface area contributed by atoms with Crippen molar-refractivity contribution >= 4 is 11.9 Å². The van der Waals surface area contributed by atoms with Crippen molar-refractivity contribution in [3.8, 4) is 0 Å². The van der Waals surface area contributed by atoms with E-state index in [1.54, 1.807) is 29.4 Å². The molecule has 0 unspecified atom stereocenters. The smallest absolute Gasteiger partial charge is 0.305 e. The van der Waals surface area contributed by atoms with Crippen LogP contribution in [0.3, 0.4) is 0 Å².